The molecular formula is C17H21FN2O2. The highest BCUT2D eigenvalue weighted by molar-refractivity contribution is 5.83. The highest BCUT2D eigenvalue weighted by atomic mass is 19.1. The number of aliphatic carboxylic acids is 1. The molecule has 1 aliphatic heterocycles. The Morgan fingerprint density at radius 2 is 2.14 bits per heavy atom. The van der Waals surface area contributed by atoms with E-state index in [0.29, 0.717) is 12.3 Å². The number of carboxylic acid groups (broad SMARTS) is 1. The molecule has 3 rings (SSSR count). The Kier molecular flexibility index (Phi) is 4.43. The first-order valence-corrected chi connectivity index (χ1v) is 7.84. The standard InChI is InChI=1S/C17H21FN2O2/c18-13-3-4-16-14(10-13)15(11-19-16)12-5-8-20(9-6-12)7-1-2-17(21)22/h3-4,10-12,19H,1-2,5-9H2,(H,21,22). The van der Waals surface area contributed by atoms with Crippen LogP contribution in [0.15, 0.2) is 24.4 Å². The largest absolute Gasteiger partial charge is 0.481 e. The minimum atomic E-state index is -0.726. The lowest BCUT2D eigenvalue weighted by molar-refractivity contribution is -0.137. The van der Waals surface area contributed by atoms with E-state index in [0.717, 1.165) is 43.4 Å². The zero-order valence-corrected chi connectivity index (χ0v) is 12.5. The normalized spacial score (nSPS) is 17.1. The summed E-state index contributed by atoms with van der Waals surface area (Å²) >= 11 is 0. The first-order chi connectivity index (χ1) is 10.6. The van der Waals surface area contributed by atoms with Crippen molar-refractivity contribution in [3.8, 4) is 0 Å². The molecule has 1 saturated heterocycles. The summed E-state index contributed by atoms with van der Waals surface area (Å²) in [6.07, 6.45) is 5.03. The zero-order chi connectivity index (χ0) is 15.5. The van der Waals surface area contributed by atoms with Gasteiger partial charge in [-0.1, -0.05) is 0 Å². The van der Waals surface area contributed by atoms with E-state index < -0.39 is 5.97 Å². The van der Waals surface area contributed by atoms with E-state index in [1.54, 1.807) is 12.1 Å². The van der Waals surface area contributed by atoms with Gasteiger partial charge in [0.25, 0.3) is 0 Å². The molecule has 1 fully saturated rings. The molecule has 5 heteroatoms. The van der Waals surface area contributed by atoms with Crippen LogP contribution in [0.5, 0.6) is 0 Å². The number of carboxylic acids is 1. The summed E-state index contributed by atoms with van der Waals surface area (Å²) in [5.74, 6) is -0.471. The van der Waals surface area contributed by atoms with Gasteiger partial charge in [0.05, 0.1) is 0 Å². The second-order valence-electron chi connectivity index (χ2n) is 6.05. The van der Waals surface area contributed by atoms with Crippen LogP contribution in [0.4, 0.5) is 4.39 Å². The number of aromatic amines is 1. The van der Waals surface area contributed by atoms with Crippen molar-refractivity contribution in [3.05, 3.63) is 35.8 Å². The number of halogens is 1. The first-order valence-electron chi connectivity index (χ1n) is 7.84. The molecule has 0 bridgehead atoms. The molecule has 22 heavy (non-hydrogen) atoms. The van der Waals surface area contributed by atoms with Gasteiger partial charge < -0.3 is 15.0 Å². The van der Waals surface area contributed by atoms with Crippen LogP contribution in [0, 0.1) is 5.82 Å². The van der Waals surface area contributed by atoms with Gasteiger partial charge in [-0.25, -0.2) is 4.39 Å². The summed E-state index contributed by atoms with van der Waals surface area (Å²) < 4.78 is 13.5. The summed E-state index contributed by atoms with van der Waals surface area (Å²) in [5.41, 5.74) is 2.19. The Hall–Kier alpha value is -1.88. The number of hydrogen-bond acceptors (Lipinski definition) is 2. The van der Waals surface area contributed by atoms with Gasteiger partial charge >= 0.3 is 5.97 Å². The number of nitrogens with one attached hydrogen (secondary N) is 1. The van der Waals surface area contributed by atoms with Gasteiger partial charge in [-0.3, -0.25) is 4.79 Å². The molecule has 1 aromatic carbocycles. The third-order valence-corrected chi connectivity index (χ3v) is 4.57. The van der Waals surface area contributed by atoms with E-state index >= 15 is 0 Å². The van der Waals surface area contributed by atoms with E-state index in [1.165, 1.54) is 11.6 Å². The predicted octanol–water partition coefficient (Wildman–Crippen LogP) is 3.35. The second kappa shape index (κ2) is 6.48. The molecule has 0 saturated carbocycles. The molecule has 0 radical (unpaired) electrons. The van der Waals surface area contributed by atoms with Crippen LogP contribution in [0.3, 0.4) is 0 Å². The fourth-order valence-electron chi connectivity index (χ4n) is 3.37. The molecule has 2 aromatic rings. The average Bonchev–Trinajstić information content (AvgIpc) is 2.90. The van der Waals surface area contributed by atoms with Crippen LogP contribution < -0.4 is 0 Å². The highest BCUT2D eigenvalue weighted by Gasteiger charge is 2.22. The van der Waals surface area contributed by atoms with Crippen molar-refractivity contribution < 1.29 is 14.3 Å². The van der Waals surface area contributed by atoms with Crippen molar-refractivity contribution in [1.82, 2.24) is 9.88 Å². The van der Waals surface area contributed by atoms with E-state index in [2.05, 4.69) is 9.88 Å². The van der Waals surface area contributed by atoms with Gasteiger partial charge in [0.15, 0.2) is 0 Å². The van der Waals surface area contributed by atoms with E-state index in [-0.39, 0.29) is 12.2 Å². The number of benzene rings is 1. The molecule has 0 atom stereocenters. The number of rotatable bonds is 5. The van der Waals surface area contributed by atoms with Gasteiger partial charge in [-0.15, -0.1) is 0 Å². The predicted molar refractivity (Wildman–Crippen MR) is 83.5 cm³/mol. The Bertz CT molecular complexity index is 660. The molecule has 0 amide bonds. The lowest BCUT2D eigenvalue weighted by Crippen LogP contribution is -2.33. The van der Waals surface area contributed by atoms with Gasteiger partial charge in [0.1, 0.15) is 5.82 Å². The molecule has 0 aliphatic carbocycles. The maximum absolute atomic E-state index is 13.5. The van der Waals surface area contributed by atoms with Crippen LogP contribution in [0.2, 0.25) is 0 Å². The maximum Gasteiger partial charge on any atom is 0.303 e. The molecule has 4 nitrogen and oxygen atoms in total. The number of hydrogen-bond donors (Lipinski definition) is 2. The SMILES string of the molecule is O=C(O)CCCN1CCC(c2c[nH]c3ccc(F)cc23)CC1. The maximum atomic E-state index is 13.5. The van der Waals surface area contributed by atoms with Crippen molar-refractivity contribution in [2.45, 2.75) is 31.6 Å². The van der Waals surface area contributed by atoms with Crippen LogP contribution in [0.1, 0.15) is 37.2 Å². The molecule has 118 valence electrons. The van der Waals surface area contributed by atoms with Crippen molar-refractivity contribution in [1.29, 1.82) is 0 Å². The van der Waals surface area contributed by atoms with E-state index in [1.807, 2.05) is 6.20 Å². The minimum absolute atomic E-state index is 0.195. The minimum Gasteiger partial charge on any atom is -0.481 e. The lowest BCUT2D eigenvalue weighted by atomic mass is 9.89. The Balaban J connectivity index is 1.61. The van der Waals surface area contributed by atoms with Crippen LogP contribution in [-0.2, 0) is 4.79 Å². The van der Waals surface area contributed by atoms with Crippen LogP contribution in [0.25, 0.3) is 10.9 Å². The molecular weight excluding hydrogens is 283 g/mol. The van der Waals surface area contributed by atoms with Crippen molar-refractivity contribution in [3.63, 3.8) is 0 Å². The second-order valence-corrected chi connectivity index (χ2v) is 6.05. The van der Waals surface area contributed by atoms with Gasteiger partial charge in [0, 0.05) is 23.5 Å². The zero-order valence-electron chi connectivity index (χ0n) is 12.5. The molecule has 2 heterocycles. The fourth-order valence-corrected chi connectivity index (χ4v) is 3.37. The Labute approximate surface area is 128 Å². The number of likely N-dealkylation sites (tertiary alicyclic amines) is 1. The Morgan fingerprint density at radius 1 is 1.36 bits per heavy atom. The van der Waals surface area contributed by atoms with Gasteiger partial charge in [-0.05, 0) is 68.6 Å². The first kappa shape index (κ1) is 15.0. The van der Waals surface area contributed by atoms with Gasteiger partial charge in [0.2, 0.25) is 0 Å². The molecule has 2 N–H and O–H groups in total. The number of piperidine rings is 1. The average molecular weight is 304 g/mol. The van der Waals surface area contributed by atoms with Crippen molar-refractivity contribution >= 4 is 16.9 Å². The molecule has 0 spiro atoms. The van der Waals surface area contributed by atoms with Crippen LogP contribution in [-0.4, -0.2) is 40.6 Å². The van der Waals surface area contributed by atoms with E-state index in [9.17, 15) is 9.18 Å². The number of H-pyrrole nitrogens is 1. The number of nitrogens with zero attached hydrogens (tertiary/aromatic N) is 1. The smallest absolute Gasteiger partial charge is 0.303 e. The number of carbonyl (C=O) groups is 1. The summed E-state index contributed by atoms with van der Waals surface area (Å²) in [6, 6.07) is 4.88. The van der Waals surface area contributed by atoms with Gasteiger partial charge in [-0.2, -0.15) is 0 Å². The fraction of sp³-hybridized carbons (Fsp3) is 0.471. The van der Waals surface area contributed by atoms with E-state index in [4.69, 9.17) is 5.11 Å². The number of fused-ring (bicyclic) bond motifs is 1. The summed E-state index contributed by atoms with van der Waals surface area (Å²) in [4.78, 5) is 16.1. The summed E-state index contributed by atoms with van der Waals surface area (Å²) in [5, 5.41) is 9.67. The van der Waals surface area contributed by atoms with Crippen molar-refractivity contribution in [2.75, 3.05) is 19.6 Å². The molecule has 1 aliphatic rings. The quantitative estimate of drug-likeness (QED) is 0.890. The topological polar surface area (TPSA) is 56.3 Å². The molecule has 0 unspecified atom stereocenters. The lowest BCUT2D eigenvalue weighted by Gasteiger charge is -2.31. The Morgan fingerprint density at radius 3 is 2.86 bits per heavy atom. The summed E-state index contributed by atoms with van der Waals surface area (Å²) in [7, 11) is 0. The summed E-state index contributed by atoms with van der Waals surface area (Å²) in [6.45, 7) is 2.81. The monoisotopic (exact) mass is 304 g/mol. The third-order valence-electron chi connectivity index (χ3n) is 4.57. The van der Waals surface area contributed by atoms with Crippen LogP contribution >= 0.6 is 0 Å². The third kappa shape index (κ3) is 3.30. The highest BCUT2D eigenvalue weighted by Crippen LogP contribution is 2.33. The number of aromatic nitrogens is 1. The van der Waals surface area contributed by atoms with Crippen molar-refractivity contribution in [2.24, 2.45) is 0 Å². The molecule has 1 aromatic heterocycles.